The summed E-state index contributed by atoms with van der Waals surface area (Å²) in [5.41, 5.74) is 1.33. The van der Waals surface area contributed by atoms with Gasteiger partial charge in [0.1, 0.15) is 0 Å². The SMILES string of the molecule is CC[C@@H]1CN(C(C)=O)CC[C@H]1NCc1csc(Br)c1. The fraction of sp³-hybridized carbons (Fsp3) is 0.643. The molecule has 19 heavy (non-hydrogen) atoms. The van der Waals surface area contributed by atoms with Gasteiger partial charge in [0.15, 0.2) is 0 Å². The Labute approximate surface area is 127 Å². The Hall–Kier alpha value is -0.390. The van der Waals surface area contributed by atoms with E-state index in [0.717, 1.165) is 32.5 Å². The maximum Gasteiger partial charge on any atom is 0.219 e. The Kier molecular flexibility index (Phi) is 5.42. The molecule has 0 unspecified atom stereocenters. The van der Waals surface area contributed by atoms with Crippen molar-refractivity contribution >= 4 is 33.2 Å². The van der Waals surface area contributed by atoms with Gasteiger partial charge >= 0.3 is 0 Å². The molecular weight excluding hydrogens is 324 g/mol. The van der Waals surface area contributed by atoms with Gasteiger partial charge in [0.05, 0.1) is 3.79 Å². The second kappa shape index (κ2) is 6.86. The van der Waals surface area contributed by atoms with Gasteiger partial charge in [-0.2, -0.15) is 0 Å². The van der Waals surface area contributed by atoms with Crippen LogP contribution in [0.2, 0.25) is 0 Å². The van der Waals surface area contributed by atoms with E-state index < -0.39 is 0 Å². The van der Waals surface area contributed by atoms with E-state index in [9.17, 15) is 4.79 Å². The van der Waals surface area contributed by atoms with Crippen LogP contribution in [0.15, 0.2) is 15.2 Å². The molecule has 0 spiro atoms. The molecule has 0 saturated carbocycles. The number of thiophene rings is 1. The molecule has 0 bridgehead atoms. The Balaban J connectivity index is 1.87. The van der Waals surface area contributed by atoms with E-state index >= 15 is 0 Å². The van der Waals surface area contributed by atoms with Crippen LogP contribution < -0.4 is 5.32 Å². The van der Waals surface area contributed by atoms with Gasteiger partial charge in [-0.3, -0.25) is 4.79 Å². The topological polar surface area (TPSA) is 32.3 Å². The zero-order chi connectivity index (χ0) is 13.8. The number of amides is 1. The van der Waals surface area contributed by atoms with Gasteiger partial charge in [0.25, 0.3) is 0 Å². The van der Waals surface area contributed by atoms with Crippen LogP contribution in [0.4, 0.5) is 0 Å². The number of nitrogens with zero attached hydrogens (tertiary/aromatic N) is 1. The maximum absolute atomic E-state index is 11.5. The van der Waals surface area contributed by atoms with E-state index in [1.807, 2.05) is 4.90 Å². The van der Waals surface area contributed by atoms with Crippen molar-refractivity contribution in [2.45, 2.75) is 39.3 Å². The number of carbonyl (C=O) groups is 1. The number of rotatable bonds is 4. The van der Waals surface area contributed by atoms with Crippen LogP contribution in [-0.4, -0.2) is 29.9 Å². The van der Waals surface area contributed by atoms with Crippen molar-refractivity contribution in [3.05, 3.63) is 20.8 Å². The molecule has 1 aromatic rings. The maximum atomic E-state index is 11.5. The summed E-state index contributed by atoms with van der Waals surface area (Å²) in [6.45, 7) is 6.59. The molecule has 1 aliphatic rings. The van der Waals surface area contributed by atoms with Crippen LogP contribution in [0.25, 0.3) is 0 Å². The Morgan fingerprint density at radius 3 is 3.00 bits per heavy atom. The zero-order valence-electron chi connectivity index (χ0n) is 11.5. The van der Waals surface area contributed by atoms with Crippen molar-refractivity contribution in [1.82, 2.24) is 10.2 Å². The monoisotopic (exact) mass is 344 g/mol. The van der Waals surface area contributed by atoms with Crippen LogP contribution in [0, 0.1) is 5.92 Å². The Morgan fingerprint density at radius 2 is 2.42 bits per heavy atom. The van der Waals surface area contributed by atoms with Crippen molar-refractivity contribution in [3.63, 3.8) is 0 Å². The van der Waals surface area contributed by atoms with Crippen LogP contribution in [0.3, 0.4) is 0 Å². The molecule has 1 saturated heterocycles. The lowest BCUT2D eigenvalue weighted by atomic mass is 9.89. The highest BCUT2D eigenvalue weighted by Crippen LogP contribution is 2.23. The number of nitrogens with one attached hydrogen (secondary N) is 1. The molecule has 0 aliphatic carbocycles. The van der Waals surface area contributed by atoms with Crippen molar-refractivity contribution in [3.8, 4) is 0 Å². The van der Waals surface area contributed by atoms with Gasteiger partial charge < -0.3 is 10.2 Å². The number of halogens is 1. The summed E-state index contributed by atoms with van der Waals surface area (Å²) in [7, 11) is 0. The second-order valence-electron chi connectivity index (χ2n) is 5.17. The molecule has 1 aliphatic heterocycles. The summed E-state index contributed by atoms with van der Waals surface area (Å²) >= 11 is 5.22. The van der Waals surface area contributed by atoms with Gasteiger partial charge in [-0.05, 0) is 45.3 Å². The molecule has 1 N–H and O–H groups in total. The molecule has 1 amide bonds. The molecule has 1 aromatic heterocycles. The van der Waals surface area contributed by atoms with Gasteiger partial charge in [-0.25, -0.2) is 0 Å². The molecule has 1 fully saturated rings. The number of likely N-dealkylation sites (tertiary alicyclic amines) is 1. The molecule has 0 radical (unpaired) electrons. The van der Waals surface area contributed by atoms with Crippen LogP contribution in [0.1, 0.15) is 32.3 Å². The minimum absolute atomic E-state index is 0.207. The molecule has 2 rings (SSSR count). The van der Waals surface area contributed by atoms with E-state index in [1.165, 1.54) is 9.35 Å². The van der Waals surface area contributed by atoms with Crippen molar-refractivity contribution in [2.24, 2.45) is 5.92 Å². The van der Waals surface area contributed by atoms with Crippen LogP contribution >= 0.6 is 27.3 Å². The lowest BCUT2D eigenvalue weighted by Gasteiger charge is -2.38. The molecule has 106 valence electrons. The number of hydrogen-bond acceptors (Lipinski definition) is 3. The van der Waals surface area contributed by atoms with Gasteiger partial charge in [0, 0.05) is 32.6 Å². The first kappa shape index (κ1) is 15.0. The predicted octanol–water partition coefficient (Wildman–Crippen LogP) is 3.25. The number of carbonyl (C=O) groups excluding carboxylic acids is 1. The summed E-state index contributed by atoms with van der Waals surface area (Å²) < 4.78 is 1.18. The average Bonchev–Trinajstić information content (AvgIpc) is 2.81. The van der Waals surface area contributed by atoms with E-state index in [4.69, 9.17) is 0 Å². The van der Waals surface area contributed by atoms with Gasteiger partial charge in [-0.15, -0.1) is 11.3 Å². The largest absolute Gasteiger partial charge is 0.343 e. The predicted molar refractivity (Wildman–Crippen MR) is 83.3 cm³/mol. The third kappa shape index (κ3) is 4.04. The van der Waals surface area contributed by atoms with E-state index in [1.54, 1.807) is 18.3 Å². The standard InChI is InChI=1S/C14H21BrN2OS/c1-3-12-8-17(10(2)18)5-4-13(12)16-7-11-6-14(15)19-9-11/h6,9,12-13,16H,3-5,7-8H2,1-2H3/t12-,13-/m1/s1. The molecule has 3 nitrogen and oxygen atoms in total. The van der Waals surface area contributed by atoms with Gasteiger partial charge in [-0.1, -0.05) is 13.3 Å². The average molecular weight is 345 g/mol. The first-order valence-corrected chi connectivity index (χ1v) is 8.49. The third-order valence-corrected chi connectivity index (χ3v) is 5.45. The zero-order valence-corrected chi connectivity index (χ0v) is 13.9. The summed E-state index contributed by atoms with van der Waals surface area (Å²) in [4.78, 5) is 13.4. The van der Waals surface area contributed by atoms with Gasteiger partial charge in [0.2, 0.25) is 5.91 Å². The smallest absolute Gasteiger partial charge is 0.219 e. The first-order valence-electron chi connectivity index (χ1n) is 6.82. The number of piperidine rings is 1. The van der Waals surface area contributed by atoms with Crippen LogP contribution in [0.5, 0.6) is 0 Å². The van der Waals surface area contributed by atoms with E-state index in [2.05, 4.69) is 39.6 Å². The molecule has 2 heterocycles. The Bertz CT molecular complexity index is 435. The van der Waals surface area contributed by atoms with Crippen molar-refractivity contribution < 1.29 is 4.79 Å². The van der Waals surface area contributed by atoms with E-state index in [-0.39, 0.29) is 5.91 Å². The third-order valence-electron chi connectivity index (χ3n) is 3.89. The highest BCUT2D eigenvalue weighted by Gasteiger charge is 2.28. The highest BCUT2D eigenvalue weighted by atomic mass is 79.9. The minimum Gasteiger partial charge on any atom is -0.343 e. The normalized spacial score (nSPS) is 23.6. The minimum atomic E-state index is 0.207. The molecule has 5 heteroatoms. The molecule has 2 atom stereocenters. The summed E-state index contributed by atoms with van der Waals surface area (Å²) in [5.74, 6) is 0.776. The number of hydrogen-bond donors (Lipinski definition) is 1. The van der Waals surface area contributed by atoms with Crippen molar-refractivity contribution in [1.29, 1.82) is 0 Å². The first-order chi connectivity index (χ1) is 9.10. The lowest BCUT2D eigenvalue weighted by molar-refractivity contribution is -0.131. The van der Waals surface area contributed by atoms with E-state index in [0.29, 0.717) is 12.0 Å². The summed E-state index contributed by atoms with van der Waals surface area (Å²) in [5, 5.41) is 5.84. The second-order valence-corrected chi connectivity index (χ2v) is 7.46. The van der Waals surface area contributed by atoms with Crippen LogP contribution in [-0.2, 0) is 11.3 Å². The quantitative estimate of drug-likeness (QED) is 0.909. The summed E-state index contributed by atoms with van der Waals surface area (Å²) in [6.07, 6.45) is 2.18. The lowest BCUT2D eigenvalue weighted by Crippen LogP contribution is -2.50. The fourth-order valence-corrected chi connectivity index (χ4v) is 3.90. The Morgan fingerprint density at radius 1 is 1.63 bits per heavy atom. The fourth-order valence-electron chi connectivity index (χ4n) is 2.69. The molecular formula is C14H21BrN2OS. The highest BCUT2D eigenvalue weighted by molar-refractivity contribution is 9.11. The summed E-state index contributed by atoms with van der Waals surface area (Å²) in [6, 6.07) is 2.70. The van der Waals surface area contributed by atoms with Crippen molar-refractivity contribution in [2.75, 3.05) is 13.1 Å². The molecule has 0 aromatic carbocycles.